The van der Waals surface area contributed by atoms with Gasteiger partial charge >= 0.3 is 0 Å². The minimum atomic E-state index is -0.930. The normalized spacial score (nSPS) is 11.3. The first-order chi connectivity index (χ1) is 23.3. The van der Waals surface area contributed by atoms with Crippen LogP contribution in [0, 0.1) is 27.7 Å². The Bertz CT molecular complexity index is 2200. The summed E-state index contributed by atoms with van der Waals surface area (Å²) in [5.74, 6) is 0. The van der Waals surface area contributed by atoms with E-state index in [2.05, 4.69) is 172 Å². The standard InChI is InChI=1S/C44H39N2PS/c1-29-22-30(2)25-36(24-29)47(37-26-31(3)23-32(4)27-37)41-21-19-35-15-9-11-17-39(35)43(41)42-38-16-10-8-14-34(38)18-20-40(42)46-44(48)45-28-33-12-6-5-7-13-33/h5-27H,28H2,1-4H3,(H2,45,46,48). The van der Waals surface area contributed by atoms with Crippen LogP contribution in [-0.2, 0) is 6.54 Å². The van der Waals surface area contributed by atoms with E-state index in [0.717, 1.165) is 5.69 Å². The maximum Gasteiger partial charge on any atom is 0.171 e. The van der Waals surface area contributed by atoms with Gasteiger partial charge in [-0.15, -0.1) is 0 Å². The molecule has 236 valence electrons. The fourth-order valence-electron chi connectivity index (χ4n) is 6.89. The summed E-state index contributed by atoms with van der Waals surface area (Å²) in [7, 11) is -0.930. The first-order valence-electron chi connectivity index (χ1n) is 16.4. The second-order valence-electron chi connectivity index (χ2n) is 12.7. The maximum atomic E-state index is 5.94. The number of hydrogen-bond acceptors (Lipinski definition) is 1. The highest BCUT2D eigenvalue weighted by Crippen LogP contribution is 2.45. The molecule has 0 saturated carbocycles. The third-order valence-corrected chi connectivity index (χ3v) is 11.5. The number of thiocarbonyl (C=S) groups is 1. The maximum absolute atomic E-state index is 5.94. The summed E-state index contributed by atoms with van der Waals surface area (Å²) in [5.41, 5.74) is 9.74. The van der Waals surface area contributed by atoms with Crippen LogP contribution >= 0.6 is 20.1 Å². The smallest absolute Gasteiger partial charge is 0.171 e. The fraction of sp³-hybridized carbons (Fsp3) is 0.114. The molecule has 7 aromatic carbocycles. The third-order valence-electron chi connectivity index (χ3n) is 8.80. The summed E-state index contributed by atoms with van der Waals surface area (Å²) in [6.45, 7) is 9.50. The Balaban J connectivity index is 1.49. The summed E-state index contributed by atoms with van der Waals surface area (Å²) in [5, 5.41) is 16.6. The SMILES string of the molecule is Cc1cc(C)cc(P(c2cc(C)cc(C)c2)c2ccc3ccccc3c2-c2c(NC(=S)NCc3ccccc3)ccc3ccccc23)c1. The molecule has 7 rings (SSSR count). The second kappa shape index (κ2) is 13.7. The van der Waals surface area contributed by atoms with Crippen LogP contribution in [0.15, 0.2) is 140 Å². The summed E-state index contributed by atoms with van der Waals surface area (Å²) in [4.78, 5) is 0. The molecule has 0 bridgehead atoms. The largest absolute Gasteiger partial charge is 0.358 e. The van der Waals surface area contributed by atoms with E-state index in [9.17, 15) is 0 Å². The first-order valence-corrected chi connectivity index (χ1v) is 18.2. The lowest BCUT2D eigenvalue weighted by molar-refractivity contribution is 0.926. The summed E-state index contributed by atoms with van der Waals surface area (Å²) in [6, 6.07) is 51.1. The van der Waals surface area contributed by atoms with Gasteiger partial charge in [-0.1, -0.05) is 156 Å². The van der Waals surface area contributed by atoms with Crippen LogP contribution < -0.4 is 26.5 Å². The Morgan fingerprint density at radius 1 is 0.542 bits per heavy atom. The van der Waals surface area contributed by atoms with Crippen molar-refractivity contribution in [2.75, 3.05) is 5.32 Å². The van der Waals surface area contributed by atoms with E-state index < -0.39 is 7.92 Å². The number of rotatable bonds is 7. The number of fused-ring (bicyclic) bond motifs is 2. The van der Waals surface area contributed by atoms with Gasteiger partial charge in [0.25, 0.3) is 0 Å². The van der Waals surface area contributed by atoms with Crippen molar-refractivity contribution in [3.63, 3.8) is 0 Å². The number of hydrogen-bond donors (Lipinski definition) is 2. The van der Waals surface area contributed by atoms with Crippen LogP contribution in [0.4, 0.5) is 5.69 Å². The Hall–Kier alpha value is -4.82. The minimum absolute atomic E-state index is 0.600. The van der Waals surface area contributed by atoms with Crippen LogP contribution in [0.3, 0.4) is 0 Å². The van der Waals surface area contributed by atoms with E-state index in [0.29, 0.717) is 11.7 Å². The molecular weight excluding hydrogens is 620 g/mol. The molecule has 2 N–H and O–H groups in total. The first kappa shape index (κ1) is 31.8. The highest BCUT2D eigenvalue weighted by molar-refractivity contribution is 7.80. The van der Waals surface area contributed by atoms with E-state index in [4.69, 9.17) is 12.2 Å². The van der Waals surface area contributed by atoms with Gasteiger partial charge in [0, 0.05) is 23.4 Å². The third kappa shape index (κ3) is 6.62. The average Bonchev–Trinajstić information content (AvgIpc) is 3.07. The van der Waals surface area contributed by atoms with Crippen molar-refractivity contribution < 1.29 is 0 Å². The highest BCUT2D eigenvalue weighted by Gasteiger charge is 2.26. The van der Waals surface area contributed by atoms with Crippen molar-refractivity contribution in [3.8, 4) is 11.1 Å². The van der Waals surface area contributed by atoms with E-state index in [-0.39, 0.29) is 0 Å². The zero-order valence-electron chi connectivity index (χ0n) is 27.8. The van der Waals surface area contributed by atoms with Crippen molar-refractivity contribution in [3.05, 3.63) is 167 Å². The van der Waals surface area contributed by atoms with Gasteiger partial charge in [0.05, 0.1) is 0 Å². The van der Waals surface area contributed by atoms with Crippen molar-refractivity contribution in [2.24, 2.45) is 0 Å². The molecule has 0 aliphatic heterocycles. The fourth-order valence-corrected chi connectivity index (χ4v) is 9.93. The molecule has 2 nitrogen and oxygen atoms in total. The van der Waals surface area contributed by atoms with Crippen LogP contribution in [-0.4, -0.2) is 5.11 Å². The van der Waals surface area contributed by atoms with Crippen LogP contribution in [0.2, 0.25) is 0 Å². The molecule has 0 fully saturated rings. The van der Waals surface area contributed by atoms with Gasteiger partial charge in [0.1, 0.15) is 0 Å². The molecule has 0 aliphatic carbocycles. The molecule has 0 amide bonds. The van der Waals surface area contributed by atoms with Gasteiger partial charge < -0.3 is 10.6 Å². The average molecular weight is 659 g/mol. The van der Waals surface area contributed by atoms with E-state index >= 15 is 0 Å². The van der Waals surface area contributed by atoms with E-state index in [1.165, 1.54) is 76.4 Å². The van der Waals surface area contributed by atoms with Crippen LogP contribution in [0.25, 0.3) is 32.7 Å². The lowest BCUT2D eigenvalue weighted by Gasteiger charge is -2.27. The van der Waals surface area contributed by atoms with Gasteiger partial charge in [-0.3, -0.25) is 0 Å². The minimum Gasteiger partial charge on any atom is -0.358 e. The summed E-state index contributed by atoms with van der Waals surface area (Å²) in [6.07, 6.45) is 0. The van der Waals surface area contributed by atoms with E-state index in [1.807, 2.05) is 6.07 Å². The van der Waals surface area contributed by atoms with Gasteiger partial charge in [0.15, 0.2) is 5.11 Å². The molecule has 0 saturated heterocycles. The predicted octanol–water partition coefficient (Wildman–Crippen LogP) is 10.1. The molecule has 0 unspecified atom stereocenters. The van der Waals surface area contributed by atoms with Gasteiger partial charge in [-0.05, 0) is 96.9 Å². The molecule has 0 radical (unpaired) electrons. The molecule has 0 aliphatic rings. The molecule has 48 heavy (non-hydrogen) atoms. The molecule has 0 spiro atoms. The van der Waals surface area contributed by atoms with Gasteiger partial charge in [-0.2, -0.15) is 0 Å². The molecule has 0 aromatic heterocycles. The number of benzene rings is 7. The predicted molar refractivity (Wildman–Crippen MR) is 214 cm³/mol. The van der Waals surface area contributed by atoms with Crippen LogP contribution in [0.5, 0.6) is 0 Å². The Morgan fingerprint density at radius 2 is 1.04 bits per heavy atom. The molecule has 0 atom stereocenters. The van der Waals surface area contributed by atoms with Crippen molar-refractivity contribution in [2.45, 2.75) is 34.2 Å². The summed E-state index contributed by atoms with van der Waals surface area (Å²) < 4.78 is 0. The lowest BCUT2D eigenvalue weighted by atomic mass is 9.92. The highest BCUT2D eigenvalue weighted by atomic mass is 32.1. The number of anilines is 1. The molecule has 4 heteroatoms. The Morgan fingerprint density at radius 3 is 1.62 bits per heavy atom. The van der Waals surface area contributed by atoms with Gasteiger partial charge in [0.2, 0.25) is 0 Å². The van der Waals surface area contributed by atoms with Crippen molar-refractivity contribution >= 4 is 68.4 Å². The second-order valence-corrected chi connectivity index (χ2v) is 15.3. The van der Waals surface area contributed by atoms with E-state index in [1.54, 1.807) is 0 Å². The monoisotopic (exact) mass is 658 g/mol. The number of nitrogens with one attached hydrogen (secondary N) is 2. The van der Waals surface area contributed by atoms with Gasteiger partial charge in [-0.25, -0.2) is 0 Å². The molecule has 7 aromatic rings. The quantitative estimate of drug-likeness (QED) is 0.132. The zero-order valence-corrected chi connectivity index (χ0v) is 29.6. The lowest BCUT2D eigenvalue weighted by Crippen LogP contribution is -2.28. The van der Waals surface area contributed by atoms with Crippen molar-refractivity contribution in [1.29, 1.82) is 0 Å². The zero-order chi connectivity index (χ0) is 33.2. The molecular formula is C44H39N2PS. The number of aryl methyl sites for hydroxylation is 4. The van der Waals surface area contributed by atoms with Crippen LogP contribution in [0.1, 0.15) is 27.8 Å². The summed E-state index contributed by atoms with van der Waals surface area (Å²) >= 11 is 5.94. The molecule has 0 heterocycles. The van der Waals surface area contributed by atoms with Crippen molar-refractivity contribution in [1.82, 2.24) is 5.32 Å². The Kier molecular flexibility index (Phi) is 9.08. The Labute approximate surface area is 290 Å². The topological polar surface area (TPSA) is 24.1 Å².